The van der Waals surface area contributed by atoms with Crippen LogP contribution >= 0.6 is 35.3 Å². The van der Waals surface area contributed by atoms with E-state index in [9.17, 15) is 4.79 Å². The third-order valence-electron chi connectivity index (χ3n) is 4.26. The van der Waals surface area contributed by atoms with Crippen molar-refractivity contribution in [3.8, 4) is 0 Å². The lowest BCUT2D eigenvalue weighted by Gasteiger charge is -2.28. The zero-order chi connectivity index (χ0) is 21.5. The Bertz CT molecular complexity index is 670. The van der Waals surface area contributed by atoms with Crippen molar-refractivity contribution in [2.75, 3.05) is 20.6 Å². The molecule has 0 saturated heterocycles. The quantitative estimate of drug-likeness (QED) is 0.307. The van der Waals surface area contributed by atoms with Crippen LogP contribution in [0, 0.1) is 19.8 Å². The Kier molecular flexibility index (Phi) is 12.1. The molecule has 1 aromatic heterocycles. The summed E-state index contributed by atoms with van der Waals surface area (Å²) in [5, 5.41) is 7.47. The van der Waals surface area contributed by atoms with Crippen molar-refractivity contribution in [2.24, 2.45) is 10.9 Å². The van der Waals surface area contributed by atoms with Gasteiger partial charge in [-0.2, -0.15) is 0 Å². The van der Waals surface area contributed by atoms with Crippen LogP contribution < -0.4 is 10.6 Å². The number of aryl methyl sites for hydroxylation is 2. The maximum absolute atomic E-state index is 12.1. The lowest BCUT2D eigenvalue weighted by atomic mass is 10.0. The Morgan fingerprint density at radius 1 is 1.31 bits per heavy atom. The van der Waals surface area contributed by atoms with Crippen LogP contribution in [-0.4, -0.2) is 54.2 Å². The van der Waals surface area contributed by atoms with E-state index in [2.05, 4.69) is 39.4 Å². The van der Waals surface area contributed by atoms with Crippen LogP contribution in [0.2, 0.25) is 0 Å². The first-order valence-electron chi connectivity index (χ1n) is 9.77. The number of thiazole rings is 1. The van der Waals surface area contributed by atoms with E-state index >= 15 is 0 Å². The molecule has 0 spiro atoms. The average Bonchev–Trinajstić information content (AvgIpc) is 2.87. The van der Waals surface area contributed by atoms with Crippen LogP contribution in [0.25, 0.3) is 0 Å². The number of rotatable bonds is 7. The first-order valence-corrected chi connectivity index (χ1v) is 10.6. The summed E-state index contributed by atoms with van der Waals surface area (Å²) < 4.78 is 5.39. The zero-order valence-corrected chi connectivity index (χ0v) is 22.4. The van der Waals surface area contributed by atoms with Crippen LogP contribution in [0.1, 0.15) is 56.6 Å². The summed E-state index contributed by atoms with van der Waals surface area (Å²) in [7, 11) is 3.79. The highest BCUT2D eigenvalue weighted by molar-refractivity contribution is 14.0. The minimum Gasteiger partial charge on any atom is -0.444 e. The van der Waals surface area contributed by atoms with E-state index in [1.807, 2.05) is 41.7 Å². The highest BCUT2D eigenvalue weighted by Gasteiger charge is 2.22. The van der Waals surface area contributed by atoms with Crippen LogP contribution in [0.3, 0.4) is 0 Å². The number of hydrogen-bond acceptors (Lipinski definition) is 5. The van der Waals surface area contributed by atoms with Gasteiger partial charge in [0.05, 0.1) is 17.2 Å². The van der Waals surface area contributed by atoms with Gasteiger partial charge in [0, 0.05) is 31.6 Å². The second kappa shape index (κ2) is 12.6. The number of nitrogens with one attached hydrogen (secondary N) is 2. The molecule has 1 heterocycles. The Balaban J connectivity index is 0.00000784. The maximum atomic E-state index is 12.1. The second-order valence-corrected chi connectivity index (χ2v) is 9.64. The van der Waals surface area contributed by atoms with Gasteiger partial charge in [-0.3, -0.25) is 4.99 Å². The number of hydrogen-bond donors (Lipinski definition) is 2. The van der Waals surface area contributed by atoms with Gasteiger partial charge in [0.25, 0.3) is 0 Å². The average molecular weight is 540 g/mol. The molecule has 1 aromatic rings. The standard InChI is InChI=1S/C20H37N5O2S.HI/c1-13(2)16(24-19(26)27-20(5,6)7)10-11-25(9)18(21-8)22-12-17-14(3)23-15(4)28-17;/h13,16H,10-12H2,1-9H3,(H,21,22)(H,24,26);1H. The summed E-state index contributed by atoms with van der Waals surface area (Å²) in [5.74, 6) is 1.13. The van der Waals surface area contributed by atoms with E-state index in [1.165, 1.54) is 4.88 Å². The zero-order valence-electron chi connectivity index (χ0n) is 19.3. The van der Waals surface area contributed by atoms with Crippen molar-refractivity contribution in [1.82, 2.24) is 20.5 Å². The normalized spacial score (nSPS) is 13.0. The molecule has 7 nitrogen and oxygen atoms in total. The molecule has 1 unspecified atom stereocenters. The van der Waals surface area contributed by atoms with Gasteiger partial charge in [0.2, 0.25) is 0 Å². The number of nitrogens with zero attached hydrogens (tertiary/aromatic N) is 3. The van der Waals surface area contributed by atoms with Gasteiger partial charge in [0.15, 0.2) is 5.96 Å². The van der Waals surface area contributed by atoms with E-state index in [0.29, 0.717) is 12.5 Å². The molecule has 1 rings (SSSR count). The van der Waals surface area contributed by atoms with E-state index in [4.69, 9.17) is 4.74 Å². The second-order valence-electron chi connectivity index (χ2n) is 8.35. The van der Waals surface area contributed by atoms with Gasteiger partial charge < -0.3 is 20.3 Å². The number of aromatic nitrogens is 1. The highest BCUT2D eigenvalue weighted by atomic mass is 127. The Morgan fingerprint density at radius 3 is 2.38 bits per heavy atom. The number of halogens is 1. The van der Waals surface area contributed by atoms with Crippen molar-refractivity contribution >= 4 is 47.4 Å². The molecule has 9 heteroatoms. The lowest BCUT2D eigenvalue weighted by molar-refractivity contribution is 0.0486. The summed E-state index contributed by atoms with van der Waals surface area (Å²) in [4.78, 5) is 24.3. The SMILES string of the molecule is CN=C(NCc1sc(C)nc1C)N(C)CCC(NC(=O)OC(C)(C)C)C(C)C.I. The fourth-order valence-corrected chi connectivity index (χ4v) is 3.63. The molecule has 0 aliphatic heterocycles. The molecule has 0 radical (unpaired) electrons. The summed E-state index contributed by atoms with van der Waals surface area (Å²) in [6, 6.07) is 0.0294. The largest absolute Gasteiger partial charge is 0.444 e. The molecular weight excluding hydrogens is 501 g/mol. The van der Waals surface area contributed by atoms with Gasteiger partial charge >= 0.3 is 6.09 Å². The predicted molar refractivity (Wildman–Crippen MR) is 132 cm³/mol. The van der Waals surface area contributed by atoms with Crippen molar-refractivity contribution < 1.29 is 9.53 Å². The van der Waals surface area contributed by atoms with Crippen molar-refractivity contribution in [1.29, 1.82) is 0 Å². The Labute approximate surface area is 197 Å². The van der Waals surface area contributed by atoms with E-state index in [1.54, 1.807) is 18.4 Å². The van der Waals surface area contributed by atoms with E-state index in [-0.39, 0.29) is 36.1 Å². The van der Waals surface area contributed by atoms with Crippen LogP contribution in [0.5, 0.6) is 0 Å². The molecule has 0 saturated carbocycles. The number of aliphatic imine (C=N–C) groups is 1. The first-order chi connectivity index (χ1) is 12.9. The van der Waals surface area contributed by atoms with E-state index in [0.717, 1.165) is 29.6 Å². The number of guanidine groups is 1. The highest BCUT2D eigenvalue weighted by Crippen LogP contribution is 2.16. The molecule has 2 N–H and O–H groups in total. The van der Waals surface area contributed by atoms with Gasteiger partial charge in [-0.1, -0.05) is 13.8 Å². The topological polar surface area (TPSA) is 78.9 Å². The monoisotopic (exact) mass is 539 g/mol. The summed E-state index contributed by atoms with van der Waals surface area (Å²) >= 11 is 1.70. The van der Waals surface area contributed by atoms with Crippen LogP contribution in [0.4, 0.5) is 4.79 Å². The smallest absolute Gasteiger partial charge is 0.407 e. The summed E-state index contributed by atoms with van der Waals surface area (Å²) in [6.07, 6.45) is 0.430. The lowest BCUT2D eigenvalue weighted by Crippen LogP contribution is -2.45. The number of carbonyl (C=O) groups is 1. The molecule has 0 fully saturated rings. The van der Waals surface area contributed by atoms with Gasteiger partial charge in [-0.15, -0.1) is 35.3 Å². The minimum atomic E-state index is -0.499. The minimum absolute atomic E-state index is 0. The Morgan fingerprint density at radius 2 is 1.93 bits per heavy atom. The molecule has 0 aliphatic rings. The van der Waals surface area contributed by atoms with Crippen LogP contribution in [-0.2, 0) is 11.3 Å². The molecule has 1 atom stereocenters. The van der Waals surface area contributed by atoms with Crippen molar-refractivity contribution in [3.63, 3.8) is 0 Å². The van der Waals surface area contributed by atoms with Crippen molar-refractivity contribution in [2.45, 2.75) is 73.1 Å². The Hall–Kier alpha value is -1.10. The molecule has 0 bridgehead atoms. The molecule has 0 aromatic carbocycles. The molecule has 1 amide bonds. The first kappa shape index (κ1) is 27.9. The van der Waals surface area contributed by atoms with Gasteiger partial charge in [-0.05, 0) is 47.0 Å². The van der Waals surface area contributed by atoms with Gasteiger partial charge in [0.1, 0.15) is 5.60 Å². The molecular formula is C20H38IN5O2S. The summed E-state index contributed by atoms with van der Waals surface area (Å²) in [5.41, 5.74) is 0.566. The predicted octanol–water partition coefficient (Wildman–Crippen LogP) is 4.32. The fraction of sp³-hybridized carbons (Fsp3) is 0.750. The number of amides is 1. The van der Waals surface area contributed by atoms with Crippen LogP contribution in [0.15, 0.2) is 4.99 Å². The van der Waals surface area contributed by atoms with E-state index < -0.39 is 5.60 Å². The maximum Gasteiger partial charge on any atom is 0.407 e. The molecule has 168 valence electrons. The third-order valence-corrected chi connectivity index (χ3v) is 5.34. The third kappa shape index (κ3) is 10.5. The van der Waals surface area contributed by atoms with Gasteiger partial charge in [-0.25, -0.2) is 9.78 Å². The summed E-state index contributed by atoms with van der Waals surface area (Å²) in [6.45, 7) is 15.3. The molecule has 0 aliphatic carbocycles. The number of alkyl carbamates (subject to hydrolysis) is 1. The fourth-order valence-electron chi connectivity index (χ4n) is 2.75. The number of ether oxygens (including phenoxy) is 1. The number of carbonyl (C=O) groups excluding carboxylic acids is 1. The molecule has 29 heavy (non-hydrogen) atoms. The van der Waals surface area contributed by atoms with Crippen molar-refractivity contribution in [3.05, 3.63) is 15.6 Å².